The van der Waals surface area contributed by atoms with E-state index in [1.807, 2.05) is 13.0 Å². The van der Waals surface area contributed by atoms with Crippen LogP contribution in [0.3, 0.4) is 0 Å². The molecule has 0 aliphatic rings. The van der Waals surface area contributed by atoms with Crippen molar-refractivity contribution in [2.24, 2.45) is 0 Å². The fraction of sp³-hybridized carbons (Fsp3) is 0.235. The molecule has 0 amide bonds. The minimum atomic E-state index is -3.66. The van der Waals surface area contributed by atoms with Crippen LogP contribution >= 0.6 is 0 Å². The van der Waals surface area contributed by atoms with Gasteiger partial charge in [0.2, 0.25) is 15.0 Å². The molecule has 0 N–H and O–H groups in total. The lowest BCUT2D eigenvalue weighted by molar-refractivity contribution is 0.414. The molecule has 0 radical (unpaired) electrons. The average Bonchev–Trinajstić information content (AvgIpc) is 3.07. The SMILES string of the molecule is CCn1c(-c2ccccn2)nnc1S(=O)(=O)Cc1cccc(OC)c1. The van der Waals surface area contributed by atoms with Gasteiger partial charge in [0.15, 0.2) is 5.82 Å². The van der Waals surface area contributed by atoms with E-state index in [0.29, 0.717) is 29.4 Å². The van der Waals surface area contributed by atoms with Crippen LogP contribution in [0, 0.1) is 0 Å². The third-order valence-corrected chi connectivity index (χ3v) is 5.27. The first kappa shape index (κ1) is 17.1. The van der Waals surface area contributed by atoms with E-state index >= 15 is 0 Å². The lowest BCUT2D eigenvalue weighted by Crippen LogP contribution is -2.13. The largest absolute Gasteiger partial charge is 0.497 e. The van der Waals surface area contributed by atoms with Crippen molar-refractivity contribution in [3.63, 3.8) is 0 Å². The molecule has 0 spiro atoms. The van der Waals surface area contributed by atoms with Crippen molar-refractivity contribution in [1.29, 1.82) is 0 Å². The van der Waals surface area contributed by atoms with Crippen molar-refractivity contribution in [2.45, 2.75) is 24.4 Å². The normalized spacial score (nSPS) is 11.4. The summed E-state index contributed by atoms with van der Waals surface area (Å²) in [6, 6.07) is 12.3. The Bertz CT molecular complexity index is 969. The maximum absolute atomic E-state index is 12.8. The number of pyridine rings is 1. The number of hydrogen-bond acceptors (Lipinski definition) is 6. The highest BCUT2D eigenvalue weighted by Gasteiger charge is 2.25. The van der Waals surface area contributed by atoms with Crippen molar-refractivity contribution in [3.05, 3.63) is 54.2 Å². The molecule has 25 heavy (non-hydrogen) atoms. The number of methoxy groups -OCH3 is 1. The highest BCUT2D eigenvalue weighted by Crippen LogP contribution is 2.22. The monoisotopic (exact) mass is 358 g/mol. The van der Waals surface area contributed by atoms with Crippen molar-refractivity contribution >= 4 is 9.84 Å². The molecule has 0 aliphatic heterocycles. The number of nitrogens with zero attached hydrogens (tertiary/aromatic N) is 4. The van der Waals surface area contributed by atoms with Crippen molar-refractivity contribution in [3.8, 4) is 17.3 Å². The Balaban J connectivity index is 1.99. The van der Waals surface area contributed by atoms with Gasteiger partial charge in [0.25, 0.3) is 0 Å². The van der Waals surface area contributed by atoms with Gasteiger partial charge < -0.3 is 4.74 Å². The van der Waals surface area contributed by atoms with Gasteiger partial charge in [-0.1, -0.05) is 18.2 Å². The van der Waals surface area contributed by atoms with Crippen molar-refractivity contribution in [1.82, 2.24) is 19.7 Å². The fourth-order valence-electron chi connectivity index (χ4n) is 2.53. The van der Waals surface area contributed by atoms with Gasteiger partial charge in [-0.2, -0.15) is 0 Å². The Morgan fingerprint density at radius 3 is 2.64 bits per heavy atom. The van der Waals surface area contributed by atoms with E-state index in [9.17, 15) is 8.42 Å². The first-order valence-corrected chi connectivity index (χ1v) is 9.40. The molecule has 0 unspecified atom stereocenters. The van der Waals surface area contributed by atoms with Gasteiger partial charge in [0.05, 0.1) is 12.9 Å². The second-order valence-corrected chi connectivity index (χ2v) is 7.26. The molecule has 0 fully saturated rings. The Labute approximate surface area is 146 Å². The average molecular weight is 358 g/mol. The van der Waals surface area contributed by atoms with Crippen LogP contribution in [0.2, 0.25) is 0 Å². The van der Waals surface area contributed by atoms with Crippen LogP contribution in [-0.4, -0.2) is 35.3 Å². The molecule has 2 heterocycles. The highest BCUT2D eigenvalue weighted by molar-refractivity contribution is 7.90. The van der Waals surface area contributed by atoms with Crippen LogP contribution < -0.4 is 4.74 Å². The molecule has 3 rings (SSSR count). The molecule has 2 aromatic heterocycles. The standard InChI is InChI=1S/C17H18N4O3S/c1-3-21-16(15-9-4-5-10-18-15)19-20-17(21)25(22,23)12-13-7-6-8-14(11-13)24-2/h4-11H,3,12H2,1-2H3. The maximum Gasteiger partial charge on any atom is 0.250 e. The van der Waals surface area contributed by atoms with E-state index in [1.165, 1.54) is 0 Å². The third kappa shape index (κ3) is 3.53. The number of rotatable bonds is 6. The van der Waals surface area contributed by atoms with Gasteiger partial charge in [-0.25, -0.2) is 8.42 Å². The van der Waals surface area contributed by atoms with Crippen LogP contribution in [0.5, 0.6) is 5.75 Å². The van der Waals surface area contributed by atoms with Gasteiger partial charge in [-0.15, -0.1) is 10.2 Å². The van der Waals surface area contributed by atoms with Crippen LogP contribution in [0.15, 0.2) is 53.8 Å². The summed E-state index contributed by atoms with van der Waals surface area (Å²) in [4.78, 5) is 4.22. The van der Waals surface area contributed by atoms with Gasteiger partial charge in [-0.3, -0.25) is 9.55 Å². The summed E-state index contributed by atoms with van der Waals surface area (Å²) >= 11 is 0. The number of aromatic nitrogens is 4. The van der Waals surface area contributed by atoms with E-state index in [-0.39, 0.29) is 10.9 Å². The minimum absolute atomic E-state index is 0.0570. The number of benzene rings is 1. The first-order valence-electron chi connectivity index (χ1n) is 7.75. The summed E-state index contributed by atoms with van der Waals surface area (Å²) in [6.07, 6.45) is 1.63. The quantitative estimate of drug-likeness (QED) is 0.672. The van der Waals surface area contributed by atoms with Crippen molar-refractivity contribution < 1.29 is 13.2 Å². The smallest absolute Gasteiger partial charge is 0.250 e. The zero-order chi connectivity index (χ0) is 17.9. The van der Waals surface area contributed by atoms with Crippen molar-refractivity contribution in [2.75, 3.05) is 7.11 Å². The third-order valence-electron chi connectivity index (χ3n) is 3.70. The zero-order valence-electron chi connectivity index (χ0n) is 14.0. The number of hydrogen-bond donors (Lipinski definition) is 0. The molecular weight excluding hydrogens is 340 g/mol. The summed E-state index contributed by atoms with van der Waals surface area (Å²) in [6.45, 7) is 2.27. The van der Waals surface area contributed by atoms with Gasteiger partial charge >= 0.3 is 0 Å². The zero-order valence-corrected chi connectivity index (χ0v) is 14.8. The first-order chi connectivity index (χ1) is 12.0. The van der Waals surface area contributed by atoms with Gasteiger partial charge in [0.1, 0.15) is 11.4 Å². The van der Waals surface area contributed by atoms with E-state index < -0.39 is 9.84 Å². The number of ether oxygens (including phenoxy) is 1. The predicted molar refractivity (Wildman–Crippen MR) is 92.8 cm³/mol. The molecular formula is C17H18N4O3S. The fourth-order valence-corrected chi connectivity index (χ4v) is 4.00. The Kier molecular flexibility index (Phi) is 4.80. The van der Waals surface area contributed by atoms with Gasteiger partial charge in [-0.05, 0) is 36.8 Å². The second kappa shape index (κ2) is 7.02. The molecule has 8 heteroatoms. The van der Waals surface area contributed by atoms with Gasteiger partial charge in [0, 0.05) is 12.7 Å². The number of sulfone groups is 1. The van der Waals surface area contributed by atoms with E-state index in [4.69, 9.17) is 4.74 Å². The second-order valence-electron chi connectivity index (χ2n) is 5.38. The summed E-state index contributed by atoms with van der Waals surface area (Å²) in [5.41, 5.74) is 1.21. The van der Waals surface area contributed by atoms with Crippen LogP contribution in [0.25, 0.3) is 11.5 Å². The summed E-state index contributed by atoms with van der Waals surface area (Å²) in [5, 5.41) is 7.92. The summed E-state index contributed by atoms with van der Waals surface area (Å²) < 4.78 is 32.4. The molecule has 1 aromatic carbocycles. The molecule has 7 nitrogen and oxygen atoms in total. The summed E-state index contributed by atoms with van der Waals surface area (Å²) in [7, 11) is -2.12. The van der Waals surface area contributed by atoms with Crippen LogP contribution in [-0.2, 0) is 22.1 Å². The minimum Gasteiger partial charge on any atom is -0.497 e. The molecule has 0 saturated carbocycles. The van der Waals surface area contributed by atoms with E-state index in [1.54, 1.807) is 54.3 Å². The molecule has 0 saturated heterocycles. The molecule has 0 atom stereocenters. The molecule has 130 valence electrons. The Hall–Kier alpha value is -2.74. The highest BCUT2D eigenvalue weighted by atomic mass is 32.2. The van der Waals surface area contributed by atoms with E-state index in [0.717, 1.165) is 0 Å². The summed E-state index contributed by atoms with van der Waals surface area (Å²) in [5.74, 6) is 0.871. The maximum atomic E-state index is 12.8. The lowest BCUT2D eigenvalue weighted by Gasteiger charge is -2.09. The molecule has 3 aromatic rings. The topological polar surface area (TPSA) is 87.0 Å². The Morgan fingerprint density at radius 1 is 1.12 bits per heavy atom. The predicted octanol–water partition coefficient (Wildman–Crippen LogP) is 2.34. The van der Waals surface area contributed by atoms with Crippen LogP contribution in [0.1, 0.15) is 12.5 Å². The molecule has 0 aliphatic carbocycles. The van der Waals surface area contributed by atoms with Crippen LogP contribution in [0.4, 0.5) is 0 Å². The lowest BCUT2D eigenvalue weighted by atomic mass is 10.2. The van der Waals surface area contributed by atoms with E-state index in [2.05, 4.69) is 15.2 Å². The Morgan fingerprint density at radius 2 is 1.96 bits per heavy atom. The molecule has 0 bridgehead atoms.